The number of piperidine rings is 1. The molecule has 0 atom stereocenters. The first-order valence-electron chi connectivity index (χ1n) is 7.01. The lowest BCUT2D eigenvalue weighted by atomic mass is 9.90. The van der Waals surface area contributed by atoms with Crippen LogP contribution in [0.5, 0.6) is 5.75 Å². The second kappa shape index (κ2) is 6.24. The molecule has 1 heterocycles. The predicted molar refractivity (Wildman–Crippen MR) is 76.3 cm³/mol. The third-order valence-electron chi connectivity index (χ3n) is 4.15. The van der Waals surface area contributed by atoms with Crippen molar-refractivity contribution in [3.05, 3.63) is 29.3 Å². The van der Waals surface area contributed by atoms with Crippen molar-refractivity contribution in [2.75, 3.05) is 27.2 Å². The number of likely N-dealkylation sites (tertiary alicyclic amines) is 1. The van der Waals surface area contributed by atoms with Crippen LogP contribution in [0.4, 0.5) is 0 Å². The molecule has 0 bridgehead atoms. The SMILES string of the molecule is COc1cc(CCC2CCN(C)CC2)ccc1C. The van der Waals surface area contributed by atoms with Crippen molar-refractivity contribution in [2.45, 2.75) is 32.6 Å². The molecule has 1 aliphatic heterocycles. The van der Waals surface area contributed by atoms with Crippen molar-refractivity contribution < 1.29 is 4.74 Å². The zero-order chi connectivity index (χ0) is 13.0. The molecule has 2 rings (SSSR count). The van der Waals surface area contributed by atoms with Crippen LogP contribution < -0.4 is 4.74 Å². The smallest absolute Gasteiger partial charge is 0.122 e. The Balaban J connectivity index is 1.86. The van der Waals surface area contributed by atoms with Gasteiger partial charge in [-0.1, -0.05) is 12.1 Å². The highest BCUT2D eigenvalue weighted by atomic mass is 16.5. The van der Waals surface area contributed by atoms with Gasteiger partial charge in [0.1, 0.15) is 5.75 Å². The Morgan fingerprint density at radius 2 is 2.00 bits per heavy atom. The van der Waals surface area contributed by atoms with Gasteiger partial charge in [0, 0.05) is 0 Å². The second-order valence-corrected chi connectivity index (χ2v) is 5.59. The van der Waals surface area contributed by atoms with E-state index in [1.165, 1.54) is 49.9 Å². The molecule has 100 valence electrons. The standard InChI is InChI=1S/C16H25NO/c1-13-4-5-15(12-16(13)18-3)7-6-14-8-10-17(2)11-9-14/h4-5,12,14H,6-11H2,1-3H3. The zero-order valence-electron chi connectivity index (χ0n) is 11.9. The van der Waals surface area contributed by atoms with Crippen molar-refractivity contribution in [2.24, 2.45) is 5.92 Å². The lowest BCUT2D eigenvalue weighted by Crippen LogP contribution is -2.30. The Kier molecular flexibility index (Phi) is 4.65. The molecule has 0 saturated carbocycles. The number of hydrogen-bond donors (Lipinski definition) is 0. The summed E-state index contributed by atoms with van der Waals surface area (Å²) in [5.41, 5.74) is 2.64. The fourth-order valence-electron chi connectivity index (χ4n) is 2.74. The molecule has 0 aromatic heterocycles. The summed E-state index contributed by atoms with van der Waals surface area (Å²) < 4.78 is 5.38. The second-order valence-electron chi connectivity index (χ2n) is 5.59. The lowest BCUT2D eigenvalue weighted by Gasteiger charge is -2.28. The molecule has 2 heteroatoms. The zero-order valence-corrected chi connectivity index (χ0v) is 11.9. The first-order chi connectivity index (χ1) is 8.69. The number of benzene rings is 1. The molecule has 1 saturated heterocycles. The summed E-state index contributed by atoms with van der Waals surface area (Å²) in [6.07, 6.45) is 5.23. The minimum atomic E-state index is 0.911. The number of aryl methyl sites for hydroxylation is 2. The Morgan fingerprint density at radius 1 is 1.28 bits per heavy atom. The van der Waals surface area contributed by atoms with E-state index in [1.807, 2.05) is 0 Å². The normalized spacial score (nSPS) is 17.9. The van der Waals surface area contributed by atoms with Crippen molar-refractivity contribution >= 4 is 0 Å². The molecule has 0 amide bonds. The molecule has 0 N–H and O–H groups in total. The summed E-state index contributed by atoms with van der Waals surface area (Å²) in [6.45, 7) is 4.63. The van der Waals surface area contributed by atoms with Crippen LogP contribution in [0.1, 0.15) is 30.4 Å². The van der Waals surface area contributed by atoms with E-state index in [9.17, 15) is 0 Å². The first kappa shape index (κ1) is 13.4. The number of rotatable bonds is 4. The Morgan fingerprint density at radius 3 is 2.67 bits per heavy atom. The number of nitrogens with zero attached hydrogens (tertiary/aromatic N) is 1. The topological polar surface area (TPSA) is 12.5 Å². The van der Waals surface area contributed by atoms with Crippen LogP contribution in [0.15, 0.2) is 18.2 Å². The summed E-state index contributed by atoms with van der Waals surface area (Å²) in [4.78, 5) is 2.44. The molecule has 18 heavy (non-hydrogen) atoms. The lowest BCUT2D eigenvalue weighted by molar-refractivity contribution is 0.212. The Labute approximate surface area is 111 Å². The average Bonchev–Trinajstić information content (AvgIpc) is 2.39. The van der Waals surface area contributed by atoms with Crippen molar-refractivity contribution in [1.29, 1.82) is 0 Å². The Bertz CT molecular complexity index is 381. The van der Waals surface area contributed by atoms with Gasteiger partial charge in [-0.15, -0.1) is 0 Å². The van der Waals surface area contributed by atoms with E-state index in [0.717, 1.165) is 11.7 Å². The molecule has 0 spiro atoms. The quantitative estimate of drug-likeness (QED) is 0.809. The highest BCUT2D eigenvalue weighted by molar-refractivity contribution is 5.36. The fourth-order valence-corrected chi connectivity index (χ4v) is 2.74. The third-order valence-corrected chi connectivity index (χ3v) is 4.15. The van der Waals surface area contributed by atoms with Gasteiger partial charge >= 0.3 is 0 Å². The number of ether oxygens (including phenoxy) is 1. The highest BCUT2D eigenvalue weighted by Crippen LogP contribution is 2.24. The van der Waals surface area contributed by atoms with Crippen LogP contribution in [0.2, 0.25) is 0 Å². The molecule has 0 unspecified atom stereocenters. The van der Waals surface area contributed by atoms with E-state index in [1.54, 1.807) is 7.11 Å². The number of hydrogen-bond acceptors (Lipinski definition) is 2. The maximum absolute atomic E-state index is 5.38. The van der Waals surface area contributed by atoms with Crippen molar-refractivity contribution in [3.63, 3.8) is 0 Å². The number of methoxy groups -OCH3 is 1. The van der Waals surface area contributed by atoms with Gasteiger partial charge < -0.3 is 9.64 Å². The Hall–Kier alpha value is -1.02. The van der Waals surface area contributed by atoms with Crippen LogP contribution in [-0.4, -0.2) is 32.1 Å². The van der Waals surface area contributed by atoms with Crippen molar-refractivity contribution in [1.82, 2.24) is 4.90 Å². The van der Waals surface area contributed by atoms with E-state index in [4.69, 9.17) is 4.74 Å². The van der Waals surface area contributed by atoms with Gasteiger partial charge in [0.25, 0.3) is 0 Å². The van der Waals surface area contributed by atoms with Crippen LogP contribution in [0.25, 0.3) is 0 Å². The fraction of sp³-hybridized carbons (Fsp3) is 0.625. The highest BCUT2D eigenvalue weighted by Gasteiger charge is 2.16. The van der Waals surface area contributed by atoms with Gasteiger partial charge in [-0.25, -0.2) is 0 Å². The minimum absolute atomic E-state index is 0.911. The molecule has 0 radical (unpaired) electrons. The van der Waals surface area contributed by atoms with E-state index in [0.29, 0.717) is 0 Å². The monoisotopic (exact) mass is 247 g/mol. The molecular weight excluding hydrogens is 222 g/mol. The first-order valence-corrected chi connectivity index (χ1v) is 7.01. The largest absolute Gasteiger partial charge is 0.496 e. The van der Waals surface area contributed by atoms with Gasteiger partial charge in [-0.2, -0.15) is 0 Å². The third kappa shape index (κ3) is 3.49. The molecule has 0 aliphatic carbocycles. The summed E-state index contributed by atoms with van der Waals surface area (Å²) >= 11 is 0. The van der Waals surface area contributed by atoms with Gasteiger partial charge in [0.05, 0.1) is 7.11 Å². The van der Waals surface area contributed by atoms with E-state index in [-0.39, 0.29) is 0 Å². The summed E-state index contributed by atoms with van der Waals surface area (Å²) in [5.74, 6) is 1.93. The molecule has 1 aromatic carbocycles. The maximum atomic E-state index is 5.38. The van der Waals surface area contributed by atoms with Gasteiger partial charge in [0.15, 0.2) is 0 Å². The molecule has 1 aliphatic rings. The molecular formula is C16H25NO. The van der Waals surface area contributed by atoms with Crippen LogP contribution in [0, 0.1) is 12.8 Å². The molecule has 1 aromatic rings. The van der Waals surface area contributed by atoms with Crippen LogP contribution in [-0.2, 0) is 6.42 Å². The summed E-state index contributed by atoms with van der Waals surface area (Å²) in [7, 11) is 3.98. The molecule has 1 fully saturated rings. The van der Waals surface area contributed by atoms with E-state index < -0.39 is 0 Å². The maximum Gasteiger partial charge on any atom is 0.122 e. The van der Waals surface area contributed by atoms with Crippen LogP contribution >= 0.6 is 0 Å². The average molecular weight is 247 g/mol. The van der Waals surface area contributed by atoms with E-state index >= 15 is 0 Å². The summed E-state index contributed by atoms with van der Waals surface area (Å²) in [5, 5.41) is 0. The molecule has 2 nitrogen and oxygen atoms in total. The minimum Gasteiger partial charge on any atom is -0.496 e. The summed E-state index contributed by atoms with van der Waals surface area (Å²) in [6, 6.07) is 6.61. The predicted octanol–water partition coefficient (Wildman–Crippen LogP) is 3.28. The van der Waals surface area contributed by atoms with Gasteiger partial charge in [0.2, 0.25) is 0 Å². The van der Waals surface area contributed by atoms with Gasteiger partial charge in [-0.05, 0) is 75.9 Å². The van der Waals surface area contributed by atoms with Crippen LogP contribution in [0.3, 0.4) is 0 Å². The van der Waals surface area contributed by atoms with Gasteiger partial charge in [-0.3, -0.25) is 0 Å². The van der Waals surface area contributed by atoms with Crippen molar-refractivity contribution in [3.8, 4) is 5.75 Å². The van der Waals surface area contributed by atoms with E-state index in [2.05, 4.69) is 37.1 Å².